The normalized spacial score (nSPS) is 11.5. The molecule has 0 aliphatic carbocycles. The lowest BCUT2D eigenvalue weighted by Gasteiger charge is -2.27. The van der Waals surface area contributed by atoms with Crippen LogP contribution in [-0.2, 0) is 0 Å². The fraction of sp³-hybridized carbons (Fsp3) is 1.00. The molecule has 23 heavy (non-hydrogen) atoms. The summed E-state index contributed by atoms with van der Waals surface area (Å²) in [6, 6.07) is 0. The Kier molecular flexibility index (Phi) is 19.9. The Labute approximate surface area is 147 Å². The summed E-state index contributed by atoms with van der Waals surface area (Å²) < 4.78 is 0. The third-order valence-electron chi connectivity index (χ3n) is 4.73. The van der Waals surface area contributed by atoms with Gasteiger partial charge in [-0.1, -0.05) is 110 Å². The molecule has 0 aliphatic rings. The molecule has 0 saturated carbocycles. The van der Waals surface area contributed by atoms with Crippen LogP contribution in [0, 0.1) is 5.21 Å². The summed E-state index contributed by atoms with van der Waals surface area (Å²) in [5.74, 6) is 0. The highest BCUT2D eigenvalue weighted by molar-refractivity contribution is 4.56. The zero-order valence-electron chi connectivity index (χ0n) is 16.3. The van der Waals surface area contributed by atoms with Crippen molar-refractivity contribution >= 4 is 0 Å². The van der Waals surface area contributed by atoms with Crippen LogP contribution in [0.3, 0.4) is 0 Å². The minimum absolute atomic E-state index is 0.707. The maximum atomic E-state index is 11.3. The lowest BCUT2D eigenvalue weighted by Crippen LogP contribution is -2.18. The molecule has 140 valence electrons. The number of hydrogen-bond donors (Lipinski definition) is 0. The van der Waals surface area contributed by atoms with Crippen LogP contribution in [0.25, 0.3) is 0 Å². The zero-order valence-corrected chi connectivity index (χ0v) is 16.3. The minimum atomic E-state index is 0.707. The van der Waals surface area contributed by atoms with Crippen LogP contribution in [0.4, 0.5) is 0 Å². The van der Waals surface area contributed by atoms with Crippen molar-refractivity contribution in [2.75, 3.05) is 13.1 Å². The number of hydroxylamine groups is 2. The molecule has 0 aromatic rings. The van der Waals surface area contributed by atoms with Crippen molar-refractivity contribution in [3.05, 3.63) is 5.21 Å². The van der Waals surface area contributed by atoms with Gasteiger partial charge in [-0.3, -0.25) is 0 Å². The predicted octanol–water partition coefficient (Wildman–Crippen LogP) is 7.46. The smallest absolute Gasteiger partial charge is 0.0145 e. The highest BCUT2D eigenvalue weighted by Crippen LogP contribution is 2.13. The summed E-state index contributed by atoms with van der Waals surface area (Å²) >= 11 is 0. The van der Waals surface area contributed by atoms with Crippen LogP contribution in [0.1, 0.15) is 123 Å². The van der Waals surface area contributed by atoms with Crippen LogP contribution in [0.15, 0.2) is 0 Å². The lowest BCUT2D eigenvalue weighted by atomic mass is 10.0. The summed E-state index contributed by atoms with van der Waals surface area (Å²) in [4.78, 5) is 0. The summed E-state index contributed by atoms with van der Waals surface area (Å²) in [7, 11) is 0. The number of nitrogens with zero attached hydrogens (tertiary/aromatic N) is 1. The van der Waals surface area contributed by atoms with E-state index in [4.69, 9.17) is 0 Å². The Morgan fingerprint density at radius 1 is 0.435 bits per heavy atom. The van der Waals surface area contributed by atoms with Gasteiger partial charge < -0.3 is 10.3 Å². The molecule has 0 aromatic carbocycles. The Morgan fingerprint density at radius 2 is 0.783 bits per heavy atom. The van der Waals surface area contributed by atoms with Gasteiger partial charge in [-0.15, -0.1) is 0 Å². The third kappa shape index (κ3) is 19.9. The average Bonchev–Trinajstić information content (AvgIpc) is 2.54. The average molecular weight is 327 g/mol. The molecule has 0 bridgehead atoms. The monoisotopic (exact) mass is 326 g/mol. The molecule has 0 radical (unpaired) electrons. The molecule has 0 saturated heterocycles. The van der Waals surface area contributed by atoms with Gasteiger partial charge in [0.05, 0.1) is 0 Å². The van der Waals surface area contributed by atoms with Crippen LogP contribution >= 0.6 is 0 Å². The molecule has 0 heterocycles. The fourth-order valence-corrected chi connectivity index (χ4v) is 3.20. The molecule has 0 fully saturated rings. The molecule has 0 aromatic heterocycles. The molecule has 0 N–H and O–H groups in total. The summed E-state index contributed by atoms with van der Waals surface area (Å²) in [5.41, 5.74) is 0. The Morgan fingerprint density at radius 3 is 1.13 bits per heavy atom. The van der Waals surface area contributed by atoms with E-state index in [1.165, 1.54) is 101 Å². The van der Waals surface area contributed by atoms with Crippen molar-refractivity contribution in [3.8, 4) is 0 Å². The van der Waals surface area contributed by atoms with Gasteiger partial charge in [0, 0.05) is 0 Å². The van der Waals surface area contributed by atoms with Crippen molar-refractivity contribution in [1.29, 1.82) is 0 Å². The summed E-state index contributed by atoms with van der Waals surface area (Å²) in [6.45, 7) is 5.80. The van der Waals surface area contributed by atoms with E-state index in [1.54, 1.807) is 0 Å². The summed E-state index contributed by atoms with van der Waals surface area (Å²) in [5, 5.41) is 12.5. The first-order valence-corrected chi connectivity index (χ1v) is 10.7. The van der Waals surface area contributed by atoms with E-state index in [0.29, 0.717) is 6.54 Å². The largest absolute Gasteiger partial charge is 0.785 e. The molecular formula is C21H44NO-. The lowest BCUT2D eigenvalue weighted by molar-refractivity contribution is 0.363. The molecule has 2 nitrogen and oxygen atoms in total. The van der Waals surface area contributed by atoms with Crippen molar-refractivity contribution in [2.24, 2.45) is 0 Å². The van der Waals surface area contributed by atoms with Crippen molar-refractivity contribution < 1.29 is 0 Å². The van der Waals surface area contributed by atoms with Gasteiger partial charge in [-0.25, -0.2) is 0 Å². The summed E-state index contributed by atoms with van der Waals surface area (Å²) in [6.07, 6.45) is 23.2. The second-order valence-electron chi connectivity index (χ2n) is 7.23. The van der Waals surface area contributed by atoms with E-state index in [1.807, 2.05) is 0 Å². The Balaban J connectivity index is 3.00. The first-order chi connectivity index (χ1) is 11.3. The Hall–Kier alpha value is -0.0800. The molecular weight excluding hydrogens is 282 g/mol. The first-order valence-electron chi connectivity index (χ1n) is 10.7. The van der Waals surface area contributed by atoms with Gasteiger partial charge in [0.15, 0.2) is 0 Å². The van der Waals surface area contributed by atoms with Crippen molar-refractivity contribution in [3.63, 3.8) is 0 Å². The van der Waals surface area contributed by atoms with Crippen LogP contribution in [0.2, 0.25) is 0 Å². The van der Waals surface area contributed by atoms with E-state index in [0.717, 1.165) is 19.4 Å². The highest BCUT2D eigenvalue weighted by atomic mass is 16.5. The van der Waals surface area contributed by atoms with E-state index >= 15 is 0 Å². The van der Waals surface area contributed by atoms with Gasteiger partial charge in [-0.05, 0) is 25.9 Å². The standard InChI is InChI=1S/C21H44NO/c1-3-5-6-7-8-9-10-11-12-13-14-15-16-17-18-19-21-22(23)20-4-2/h3-21H2,1-2H3/q-1. The molecule has 0 atom stereocenters. The van der Waals surface area contributed by atoms with Gasteiger partial charge in [-0.2, -0.15) is 0 Å². The van der Waals surface area contributed by atoms with Crippen LogP contribution in [0.5, 0.6) is 0 Å². The van der Waals surface area contributed by atoms with E-state index < -0.39 is 0 Å². The minimum Gasteiger partial charge on any atom is -0.785 e. The highest BCUT2D eigenvalue weighted by Gasteiger charge is 1.95. The van der Waals surface area contributed by atoms with E-state index in [9.17, 15) is 5.21 Å². The van der Waals surface area contributed by atoms with Gasteiger partial charge in [0.1, 0.15) is 0 Å². The first kappa shape index (κ1) is 22.9. The van der Waals surface area contributed by atoms with E-state index in [2.05, 4.69) is 13.8 Å². The second kappa shape index (κ2) is 20.0. The Bertz CT molecular complexity index is 208. The number of unbranched alkanes of at least 4 members (excludes halogenated alkanes) is 15. The van der Waals surface area contributed by atoms with Crippen molar-refractivity contribution in [1.82, 2.24) is 5.06 Å². The number of rotatable bonds is 19. The second-order valence-corrected chi connectivity index (χ2v) is 7.23. The molecule has 0 spiro atoms. The van der Waals surface area contributed by atoms with Crippen LogP contribution < -0.4 is 0 Å². The van der Waals surface area contributed by atoms with Gasteiger partial charge in [0.25, 0.3) is 0 Å². The predicted molar refractivity (Wildman–Crippen MR) is 105 cm³/mol. The molecule has 0 rings (SSSR count). The van der Waals surface area contributed by atoms with E-state index in [-0.39, 0.29) is 0 Å². The SMILES string of the molecule is CCCCCCCCCCCCCCCCCCN([O-])CCC. The number of hydrogen-bond acceptors (Lipinski definition) is 2. The third-order valence-corrected chi connectivity index (χ3v) is 4.73. The van der Waals surface area contributed by atoms with Gasteiger partial charge in [0.2, 0.25) is 0 Å². The fourth-order valence-electron chi connectivity index (χ4n) is 3.20. The molecule has 2 heteroatoms. The van der Waals surface area contributed by atoms with Crippen molar-refractivity contribution in [2.45, 2.75) is 123 Å². The molecule has 0 amide bonds. The maximum absolute atomic E-state index is 11.3. The quantitative estimate of drug-likeness (QED) is 0.182. The molecule has 0 unspecified atom stereocenters. The molecule has 0 aliphatic heterocycles. The zero-order chi connectivity index (χ0) is 17.0. The topological polar surface area (TPSA) is 26.3 Å². The maximum Gasteiger partial charge on any atom is -0.0145 e. The van der Waals surface area contributed by atoms with Crippen LogP contribution in [-0.4, -0.2) is 18.2 Å². The van der Waals surface area contributed by atoms with Gasteiger partial charge >= 0.3 is 0 Å².